The van der Waals surface area contributed by atoms with E-state index in [1.165, 1.54) is 0 Å². The van der Waals surface area contributed by atoms with Gasteiger partial charge in [-0.2, -0.15) is 0 Å². The largest absolute Gasteiger partial charge is 0.493 e. The van der Waals surface area contributed by atoms with Crippen LogP contribution in [0.4, 0.5) is 0 Å². The number of carbonyl (C=O) groups is 1. The normalized spacial score (nSPS) is 14.0. The Morgan fingerprint density at radius 1 is 1.10 bits per heavy atom. The molecule has 0 unspecified atom stereocenters. The molecule has 0 saturated carbocycles. The molecule has 2 aromatic rings. The first-order valence-electron chi connectivity index (χ1n) is 6.84. The van der Waals surface area contributed by atoms with Gasteiger partial charge in [0.15, 0.2) is 11.5 Å². The Kier molecular flexibility index (Phi) is 3.56. The first kappa shape index (κ1) is 13.5. The number of fused-ring (bicyclic) bond motifs is 1. The highest BCUT2D eigenvalue weighted by atomic mass is 16.5. The van der Waals surface area contributed by atoms with Crippen LogP contribution in [0.25, 0.3) is 0 Å². The number of aromatic nitrogens is 1. The Labute approximate surface area is 123 Å². The summed E-state index contributed by atoms with van der Waals surface area (Å²) in [5.74, 6) is 1.51. The van der Waals surface area contributed by atoms with E-state index in [2.05, 4.69) is 0 Å². The molecule has 2 heterocycles. The zero-order valence-corrected chi connectivity index (χ0v) is 12.2. The highest BCUT2D eigenvalue weighted by Gasteiger charge is 2.22. The van der Waals surface area contributed by atoms with Crippen molar-refractivity contribution in [2.45, 2.75) is 19.6 Å². The standard InChI is InChI=1S/C16H18N2O3/c1-20-14-6-5-12(8-15(14)21-2)9-18-10-13-4-3-7-17(13)11-16(18)19/h3-8H,9-11H2,1-2H3. The molecule has 21 heavy (non-hydrogen) atoms. The Morgan fingerprint density at radius 3 is 2.67 bits per heavy atom. The quantitative estimate of drug-likeness (QED) is 0.864. The Bertz CT molecular complexity index is 663. The van der Waals surface area contributed by atoms with Crippen LogP contribution in [0.15, 0.2) is 36.5 Å². The number of benzene rings is 1. The van der Waals surface area contributed by atoms with Crippen LogP contribution in [0.1, 0.15) is 11.3 Å². The van der Waals surface area contributed by atoms with Gasteiger partial charge >= 0.3 is 0 Å². The van der Waals surface area contributed by atoms with Gasteiger partial charge in [-0.25, -0.2) is 0 Å². The van der Waals surface area contributed by atoms with Crippen molar-refractivity contribution in [3.63, 3.8) is 0 Å². The van der Waals surface area contributed by atoms with Crippen molar-refractivity contribution in [3.05, 3.63) is 47.8 Å². The summed E-state index contributed by atoms with van der Waals surface area (Å²) in [6.45, 7) is 1.63. The summed E-state index contributed by atoms with van der Waals surface area (Å²) < 4.78 is 12.5. The van der Waals surface area contributed by atoms with Crippen molar-refractivity contribution in [1.82, 2.24) is 9.47 Å². The fourth-order valence-corrected chi connectivity index (χ4v) is 2.62. The molecule has 1 aromatic carbocycles. The highest BCUT2D eigenvalue weighted by molar-refractivity contribution is 5.77. The van der Waals surface area contributed by atoms with E-state index in [-0.39, 0.29) is 5.91 Å². The van der Waals surface area contributed by atoms with E-state index in [1.807, 2.05) is 46.0 Å². The van der Waals surface area contributed by atoms with Crippen molar-refractivity contribution in [1.29, 1.82) is 0 Å². The van der Waals surface area contributed by atoms with Crippen molar-refractivity contribution in [2.24, 2.45) is 0 Å². The second-order valence-electron chi connectivity index (χ2n) is 5.07. The van der Waals surface area contributed by atoms with Crippen LogP contribution in [-0.4, -0.2) is 29.6 Å². The molecule has 0 fully saturated rings. The second-order valence-corrected chi connectivity index (χ2v) is 5.07. The van der Waals surface area contributed by atoms with Gasteiger partial charge in [0, 0.05) is 18.4 Å². The third-order valence-corrected chi connectivity index (χ3v) is 3.76. The molecule has 1 amide bonds. The number of hydrogen-bond donors (Lipinski definition) is 0. The van der Waals surface area contributed by atoms with Crippen LogP contribution >= 0.6 is 0 Å². The molecule has 1 aliphatic rings. The minimum Gasteiger partial charge on any atom is -0.493 e. The number of methoxy groups -OCH3 is 2. The number of rotatable bonds is 4. The second kappa shape index (κ2) is 5.52. The summed E-state index contributed by atoms with van der Waals surface area (Å²) in [6.07, 6.45) is 1.95. The van der Waals surface area contributed by atoms with E-state index in [0.717, 1.165) is 11.3 Å². The summed E-state index contributed by atoms with van der Waals surface area (Å²) in [5, 5.41) is 0. The van der Waals surface area contributed by atoms with E-state index in [9.17, 15) is 4.79 Å². The van der Waals surface area contributed by atoms with Gasteiger partial charge in [0.25, 0.3) is 0 Å². The number of amides is 1. The lowest BCUT2D eigenvalue weighted by Gasteiger charge is -2.28. The van der Waals surface area contributed by atoms with Gasteiger partial charge < -0.3 is 18.9 Å². The third kappa shape index (κ3) is 2.59. The van der Waals surface area contributed by atoms with Crippen molar-refractivity contribution in [3.8, 4) is 11.5 Å². The topological polar surface area (TPSA) is 43.7 Å². The maximum atomic E-state index is 12.2. The molecule has 0 atom stereocenters. The number of nitrogens with zero attached hydrogens (tertiary/aromatic N) is 2. The van der Waals surface area contributed by atoms with E-state index < -0.39 is 0 Å². The van der Waals surface area contributed by atoms with E-state index in [4.69, 9.17) is 9.47 Å². The summed E-state index contributed by atoms with van der Waals surface area (Å²) in [4.78, 5) is 14.0. The van der Waals surface area contributed by atoms with Crippen molar-refractivity contribution < 1.29 is 14.3 Å². The summed E-state index contributed by atoms with van der Waals surface area (Å²) >= 11 is 0. The zero-order valence-electron chi connectivity index (χ0n) is 12.2. The number of carbonyl (C=O) groups excluding carboxylic acids is 1. The molecule has 0 bridgehead atoms. The summed E-state index contributed by atoms with van der Waals surface area (Å²) in [7, 11) is 3.22. The van der Waals surface area contributed by atoms with E-state index >= 15 is 0 Å². The molecule has 0 spiro atoms. The van der Waals surface area contributed by atoms with Crippen LogP contribution in [-0.2, 0) is 24.4 Å². The van der Waals surface area contributed by atoms with Gasteiger partial charge in [0.05, 0.1) is 20.8 Å². The van der Waals surface area contributed by atoms with Gasteiger partial charge in [-0.3, -0.25) is 4.79 Å². The van der Waals surface area contributed by atoms with Crippen LogP contribution in [0, 0.1) is 0 Å². The predicted molar refractivity (Wildman–Crippen MR) is 78.2 cm³/mol. The fraction of sp³-hybridized carbons (Fsp3) is 0.312. The molecular weight excluding hydrogens is 268 g/mol. The summed E-state index contributed by atoms with van der Waals surface area (Å²) in [6, 6.07) is 9.77. The minimum absolute atomic E-state index is 0.133. The molecule has 1 aliphatic heterocycles. The van der Waals surface area contributed by atoms with Crippen molar-refractivity contribution in [2.75, 3.05) is 14.2 Å². The van der Waals surface area contributed by atoms with Crippen molar-refractivity contribution >= 4 is 5.91 Å². The molecule has 1 aromatic heterocycles. The molecular formula is C16H18N2O3. The maximum absolute atomic E-state index is 12.2. The van der Waals surface area contributed by atoms with E-state index in [0.29, 0.717) is 31.1 Å². The predicted octanol–water partition coefficient (Wildman–Crippen LogP) is 2.05. The molecule has 0 radical (unpaired) electrons. The Morgan fingerprint density at radius 2 is 1.90 bits per heavy atom. The van der Waals surface area contributed by atoms with Crippen LogP contribution < -0.4 is 9.47 Å². The molecule has 5 heteroatoms. The highest BCUT2D eigenvalue weighted by Crippen LogP contribution is 2.28. The molecule has 110 valence electrons. The zero-order chi connectivity index (χ0) is 14.8. The number of ether oxygens (including phenoxy) is 2. The minimum atomic E-state index is 0.133. The third-order valence-electron chi connectivity index (χ3n) is 3.76. The SMILES string of the molecule is COc1ccc(CN2Cc3cccn3CC2=O)cc1OC. The van der Waals surface area contributed by atoms with Crippen LogP contribution in [0.5, 0.6) is 11.5 Å². The molecule has 0 aliphatic carbocycles. The smallest absolute Gasteiger partial charge is 0.243 e. The lowest BCUT2D eigenvalue weighted by Crippen LogP contribution is -2.38. The van der Waals surface area contributed by atoms with Gasteiger partial charge in [-0.15, -0.1) is 0 Å². The average molecular weight is 286 g/mol. The van der Waals surface area contributed by atoms with Crippen LogP contribution in [0.3, 0.4) is 0 Å². The first-order chi connectivity index (χ1) is 10.2. The Balaban J connectivity index is 1.79. The monoisotopic (exact) mass is 286 g/mol. The van der Waals surface area contributed by atoms with Crippen LogP contribution in [0.2, 0.25) is 0 Å². The molecule has 0 N–H and O–H groups in total. The van der Waals surface area contributed by atoms with E-state index in [1.54, 1.807) is 14.2 Å². The Hall–Kier alpha value is -2.43. The van der Waals surface area contributed by atoms with Gasteiger partial charge in [0.2, 0.25) is 5.91 Å². The average Bonchev–Trinajstić information content (AvgIpc) is 2.94. The van der Waals surface area contributed by atoms with Gasteiger partial charge in [0.1, 0.15) is 6.54 Å². The fourth-order valence-electron chi connectivity index (χ4n) is 2.62. The lowest BCUT2D eigenvalue weighted by molar-refractivity contribution is -0.134. The summed E-state index contributed by atoms with van der Waals surface area (Å²) in [5.41, 5.74) is 2.19. The van der Waals surface area contributed by atoms with Gasteiger partial charge in [-0.05, 0) is 29.8 Å². The molecule has 5 nitrogen and oxygen atoms in total. The lowest BCUT2D eigenvalue weighted by atomic mass is 10.1. The maximum Gasteiger partial charge on any atom is 0.243 e. The first-order valence-corrected chi connectivity index (χ1v) is 6.84. The van der Waals surface area contributed by atoms with Gasteiger partial charge in [-0.1, -0.05) is 6.07 Å². The molecule has 0 saturated heterocycles. The number of hydrogen-bond acceptors (Lipinski definition) is 3. The molecule has 3 rings (SSSR count).